The fourth-order valence-electron chi connectivity index (χ4n) is 1.53. The average Bonchev–Trinajstić information content (AvgIpc) is 2.29. The highest BCUT2D eigenvalue weighted by Gasteiger charge is 2.14. The van der Waals surface area contributed by atoms with Gasteiger partial charge >= 0.3 is 5.97 Å². The molecule has 110 valence electrons. The Labute approximate surface area is 124 Å². The number of hydrogen-bond acceptors (Lipinski definition) is 4. The molecule has 0 amide bonds. The molecule has 0 atom stereocenters. The molecule has 0 aromatic heterocycles. The molecule has 5 nitrogen and oxygen atoms in total. The lowest BCUT2D eigenvalue weighted by Crippen LogP contribution is -2.20. The fourth-order valence-corrected chi connectivity index (χ4v) is 1.64. The number of carbonyl (C=O) groups is 1. The van der Waals surface area contributed by atoms with Crippen LogP contribution < -0.4 is 15.8 Å². The van der Waals surface area contributed by atoms with Crippen LogP contribution in [0.5, 0.6) is 5.75 Å². The molecule has 0 aliphatic rings. The zero-order valence-electron chi connectivity index (χ0n) is 12.1. The lowest BCUT2D eigenvalue weighted by atomic mass is 10.2. The normalized spacial score (nSPS) is 10.5. The van der Waals surface area contributed by atoms with Gasteiger partial charge in [-0.25, -0.2) is 4.79 Å². The number of benzene rings is 1. The summed E-state index contributed by atoms with van der Waals surface area (Å²) >= 11 is 4.82. The molecular formula is C14H20N2O3S. The molecule has 3 N–H and O–H groups in total. The van der Waals surface area contributed by atoms with E-state index in [1.165, 1.54) is 0 Å². The zero-order valence-corrected chi connectivity index (χ0v) is 12.9. The van der Waals surface area contributed by atoms with Crippen molar-refractivity contribution in [3.05, 3.63) is 23.8 Å². The summed E-state index contributed by atoms with van der Waals surface area (Å²) in [6, 6.07) is 4.95. The lowest BCUT2D eigenvalue weighted by Gasteiger charge is -2.16. The van der Waals surface area contributed by atoms with Crippen molar-refractivity contribution in [1.82, 2.24) is 0 Å². The summed E-state index contributed by atoms with van der Waals surface area (Å²) in [6.45, 7) is 7.40. The number of ether oxygens (including phenoxy) is 2. The summed E-state index contributed by atoms with van der Waals surface area (Å²) in [4.78, 5) is 11.9. The van der Waals surface area contributed by atoms with Gasteiger partial charge in [0.25, 0.3) is 0 Å². The first kappa shape index (κ1) is 16.2. The van der Waals surface area contributed by atoms with E-state index in [1.807, 2.05) is 13.8 Å². The van der Waals surface area contributed by atoms with Crippen molar-refractivity contribution in [1.29, 1.82) is 0 Å². The molecule has 0 bridgehead atoms. The van der Waals surface area contributed by atoms with Crippen LogP contribution in [0.2, 0.25) is 0 Å². The van der Waals surface area contributed by atoms with Crippen molar-refractivity contribution in [2.45, 2.75) is 39.9 Å². The molecular weight excluding hydrogens is 276 g/mol. The van der Waals surface area contributed by atoms with E-state index in [0.717, 1.165) is 0 Å². The second-order valence-corrected chi connectivity index (χ2v) is 5.26. The van der Waals surface area contributed by atoms with Crippen molar-refractivity contribution in [3.63, 3.8) is 0 Å². The maximum absolute atomic E-state index is 11.9. The van der Waals surface area contributed by atoms with Crippen LogP contribution in [0.1, 0.15) is 38.1 Å². The Morgan fingerprint density at radius 2 is 1.90 bits per heavy atom. The van der Waals surface area contributed by atoms with E-state index in [0.29, 0.717) is 17.0 Å². The van der Waals surface area contributed by atoms with Gasteiger partial charge in [0.2, 0.25) is 0 Å². The van der Waals surface area contributed by atoms with E-state index in [2.05, 4.69) is 5.32 Å². The molecule has 1 aromatic rings. The van der Waals surface area contributed by atoms with Crippen LogP contribution in [0.15, 0.2) is 18.2 Å². The maximum Gasteiger partial charge on any atom is 0.338 e. The first-order chi connectivity index (χ1) is 9.29. The van der Waals surface area contributed by atoms with Crippen LogP contribution in [-0.4, -0.2) is 23.3 Å². The quantitative estimate of drug-likeness (QED) is 0.643. The third kappa shape index (κ3) is 5.05. The number of hydrogen-bond donors (Lipinski definition) is 2. The van der Waals surface area contributed by atoms with Gasteiger partial charge in [0.1, 0.15) is 5.75 Å². The van der Waals surface area contributed by atoms with E-state index in [9.17, 15) is 4.79 Å². The molecule has 0 unspecified atom stereocenters. The Balaban J connectivity index is 3.06. The third-order valence-electron chi connectivity index (χ3n) is 2.18. The van der Waals surface area contributed by atoms with Gasteiger partial charge in [-0.05, 0) is 58.1 Å². The van der Waals surface area contributed by atoms with E-state index in [4.69, 9.17) is 27.4 Å². The van der Waals surface area contributed by atoms with Crippen LogP contribution in [0.3, 0.4) is 0 Å². The highest BCUT2D eigenvalue weighted by Crippen LogP contribution is 2.27. The number of thiocarbonyl (C=S) groups is 1. The van der Waals surface area contributed by atoms with E-state index in [1.54, 1.807) is 32.0 Å². The predicted octanol–water partition coefficient (Wildman–Crippen LogP) is 2.69. The Kier molecular flexibility index (Phi) is 5.76. The third-order valence-corrected chi connectivity index (χ3v) is 2.28. The standard InChI is InChI=1S/C14H20N2O3S/c1-8(2)18-12-6-5-10(13(17)19-9(3)4)7-11(12)16-14(15)20/h5-9H,1-4H3,(H3,15,16,20). The number of esters is 1. The topological polar surface area (TPSA) is 73.6 Å². The second kappa shape index (κ2) is 7.09. The molecule has 0 saturated carbocycles. The monoisotopic (exact) mass is 296 g/mol. The number of rotatable bonds is 5. The van der Waals surface area contributed by atoms with Crippen molar-refractivity contribution >= 4 is 29.0 Å². The molecule has 1 rings (SSSR count). The van der Waals surface area contributed by atoms with Crippen LogP contribution in [0.4, 0.5) is 5.69 Å². The van der Waals surface area contributed by atoms with Gasteiger partial charge in [0.05, 0.1) is 23.5 Å². The van der Waals surface area contributed by atoms with E-state index >= 15 is 0 Å². The maximum atomic E-state index is 11.9. The molecule has 0 radical (unpaired) electrons. The van der Waals surface area contributed by atoms with Gasteiger partial charge in [-0.3, -0.25) is 0 Å². The number of nitrogens with two attached hydrogens (primary N) is 1. The summed E-state index contributed by atoms with van der Waals surface area (Å²) in [7, 11) is 0. The number of carbonyl (C=O) groups excluding carboxylic acids is 1. The first-order valence-electron chi connectivity index (χ1n) is 6.37. The van der Waals surface area contributed by atoms with Crippen molar-refractivity contribution in [3.8, 4) is 5.75 Å². The SMILES string of the molecule is CC(C)OC(=O)c1ccc(OC(C)C)c(NC(N)=S)c1. The highest BCUT2D eigenvalue weighted by molar-refractivity contribution is 7.80. The molecule has 6 heteroatoms. The van der Waals surface area contributed by atoms with Crippen molar-refractivity contribution in [2.75, 3.05) is 5.32 Å². The van der Waals surface area contributed by atoms with Crippen LogP contribution >= 0.6 is 12.2 Å². The minimum absolute atomic E-state index is 0.00429. The minimum Gasteiger partial charge on any atom is -0.489 e. The summed E-state index contributed by atoms with van der Waals surface area (Å²) in [6.07, 6.45) is -0.184. The van der Waals surface area contributed by atoms with Crippen LogP contribution in [-0.2, 0) is 4.74 Å². The molecule has 0 heterocycles. The van der Waals surface area contributed by atoms with Crippen molar-refractivity contribution < 1.29 is 14.3 Å². The van der Waals surface area contributed by atoms with Crippen molar-refractivity contribution in [2.24, 2.45) is 5.73 Å². The molecule has 20 heavy (non-hydrogen) atoms. The molecule has 1 aromatic carbocycles. The second-order valence-electron chi connectivity index (χ2n) is 4.82. The average molecular weight is 296 g/mol. The zero-order chi connectivity index (χ0) is 15.3. The Bertz CT molecular complexity index is 501. The van der Waals surface area contributed by atoms with E-state index < -0.39 is 5.97 Å². The van der Waals surface area contributed by atoms with Gasteiger partial charge < -0.3 is 20.5 Å². The van der Waals surface area contributed by atoms with Gasteiger partial charge in [-0.2, -0.15) is 0 Å². The summed E-state index contributed by atoms with van der Waals surface area (Å²) in [5.74, 6) is 0.177. The minimum atomic E-state index is -0.401. The fraction of sp³-hybridized carbons (Fsp3) is 0.429. The van der Waals surface area contributed by atoms with Gasteiger partial charge in [-0.15, -0.1) is 0 Å². The van der Waals surface area contributed by atoms with Gasteiger partial charge in [0, 0.05) is 0 Å². The van der Waals surface area contributed by atoms with Crippen LogP contribution in [0.25, 0.3) is 0 Å². The van der Waals surface area contributed by atoms with Gasteiger partial charge in [0.15, 0.2) is 5.11 Å². The molecule has 0 fully saturated rings. The highest BCUT2D eigenvalue weighted by atomic mass is 32.1. The first-order valence-corrected chi connectivity index (χ1v) is 6.78. The molecule has 0 saturated heterocycles. The predicted molar refractivity (Wildman–Crippen MR) is 83.2 cm³/mol. The summed E-state index contributed by atoms with van der Waals surface area (Å²) in [5.41, 5.74) is 6.44. The Morgan fingerprint density at radius 1 is 1.25 bits per heavy atom. The summed E-state index contributed by atoms with van der Waals surface area (Å²) < 4.78 is 10.8. The lowest BCUT2D eigenvalue weighted by molar-refractivity contribution is 0.0378. The number of nitrogens with one attached hydrogen (secondary N) is 1. The van der Waals surface area contributed by atoms with Crippen LogP contribution in [0, 0.1) is 0 Å². The van der Waals surface area contributed by atoms with Gasteiger partial charge in [-0.1, -0.05) is 0 Å². The number of anilines is 1. The summed E-state index contributed by atoms with van der Waals surface area (Å²) in [5, 5.41) is 2.91. The molecule has 0 aliphatic carbocycles. The Morgan fingerprint density at radius 3 is 2.40 bits per heavy atom. The molecule has 0 aliphatic heterocycles. The largest absolute Gasteiger partial charge is 0.489 e. The van der Waals surface area contributed by atoms with E-state index in [-0.39, 0.29) is 17.3 Å². The molecule has 0 spiro atoms. The smallest absolute Gasteiger partial charge is 0.338 e. The Hall–Kier alpha value is -1.82.